The number of halogens is 1. The Labute approximate surface area is 123 Å². The van der Waals surface area contributed by atoms with E-state index in [2.05, 4.69) is 5.32 Å². The van der Waals surface area contributed by atoms with Crippen LogP contribution in [0.15, 0.2) is 42.5 Å². The van der Waals surface area contributed by atoms with Crippen molar-refractivity contribution in [3.8, 4) is 5.75 Å². The zero-order valence-electron chi connectivity index (χ0n) is 12.2. The van der Waals surface area contributed by atoms with Crippen LogP contribution in [0, 0.1) is 12.7 Å². The summed E-state index contributed by atoms with van der Waals surface area (Å²) in [5.74, 6) is -0.601. The standard InChI is InChI=1S/C17H18FNO2/c1-12-5-3-4-6-13(12)9-10-19-17(20)15-8-7-14(21-2)11-16(15)18/h3-8,11H,9-10H2,1-2H3,(H,19,20). The minimum absolute atomic E-state index is 0.0283. The fourth-order valence-corrected chi connectivity index (χ4v) is 2.10. The van der Waals surface area contributed by atoms with Gasteiger partial charge in [0.2, 0.25) is 0 Å². The fraction of sp³-hybridized carbons (Fsp3) is 0.235. The SMILES string of the molecule is COc1ccc(C(=O)NCCc2ccccc2C)c(F)c1. The lowest BCUT2D eigenvalue weighted by Gasteiger charge is -2.09. The second kappa shape index (κ2) is 6.88. The zero-order chi connectivity index (χ0) is 15.2. The molecule has 1 amide bonds. The summed E-state index contributed by atoms with van der Waals surface area (Å²) < 4.78 is 18.7. The second-order valence-electron chi connectivity index (χ2n) is 4.78. The van der Waals surface area contributed by atoms with E-state index in [4.69, 9.17) is 4.74 Å². The van der Waals surface area contributed by atoms with Crippen LogP contribution in [-0.2, 0) is 6.42 Å². The largest absolute Gasteiger partial charge is 0.497 e. The van der Waals surface area contributed by atoms with Gasteiger partial charge in [0.1, 0.15) is 11.6 Å². The number of benzene rings is 2. The number of hydrogen-bond donors (Lipinski definition) is 1. The Morgan fingerprint density at radius 3 is 2.67 bits per heavy atom. The van der Waals surface area contributed by atoms with Crippen LogP contribution in [-0.4, -0.2) is 19.6 Å². The van der Waals surface area contributed by atoms with Crippen molar-refractivity contribution >= 4 is 5.91 Å². The molecular formula is C17H18FNO2. The lowest BCUT2D eigenvalue weighted by Crippen LogP contribution is -2.26. The first-order valence-electron chi connectivity index (χ1n) is 6.78. The maximum Gasteiger partial charge on any atom is 0.254 e. The average Bonchev–Trinajstić information content (AvgIpc) is 2.48. The molecule has 0 radical (unpaired) electrons. The molecular weight excluding hydrogens is 269 g/mol. The molecule has 2 aromatic carbocycles. The molecule has 21 heavy (non-hydrogen) atoms. The highest BCUT2D eigenvalue weighted by Crippen LogP contribution is 2.16. The van der Waals surface area contributed by atoms with Gasteiger partial charge in [-0.05, 0) is 36.6 Å². The number of ether oxygens (including phenoxy) is 1. The van der Waals surface area contributed by atoms with Gasteiger partial charge >= 0.3 is 0 Å². The first-order chi connectivity index (χ1) is 10.1. The van der Waals surface area contributed by atoms with Gasteiger partial charge in [0.25, 0.3) is 5.91 Å². The van der Waals surface area contributed by atoms with Crippen LogP contribution in [0.4, 0.5) is 4.39 Å². The summed E-state index contributed by atoms with van der Waals surface area (Å²) in [6, 6.07) is 12.2. The molecule has 0 saturated heterocycles. The van der Waals surface area contributed by atoms with E-state index in [1.165, 1.54) is 30.4 Å². The molecule has 0 aromatic heterocycles. The van der Waals surface area contributed by atoms with Crippen LogP contribution in [0.3, 0.4) is 0 Å². The minimum atomic E-state index is -0.581. The maximum atomic E-state index is 13.8. The zero-order valence-corrected chi connectivity index (χ0v) is 12.2. The van der Waals surface area contributed by atoms with E-state index in [-0.39, 0.29) is 5.56 Å². The molecule has 0 unspecified atom stereocenters. The molecule has 0 aliphatic heterocycles. The van der Waals surface area contributed by atoms with Crippen LogP contribution in [0.2, 0.25) is 0 Å². The smallest absolute Gasteiger partial charge is 0.254 e. The van der Waals surface area contributed by atoms with Gasteiger partial charge in [0, 0.05) is 12.6 Å². The molecule has 0 aliphatic rings. The molecule has 2 aromatic rings. The Hall–Kier alpha value is -2.36. The van der Waals surface area contributed by atoms with E-state index in [1.54, 1.807) is 6.07 Å². The van der Waals surface area contributed by atoms with Crippen molar-refractivity contribution in [2.45, 2.75) is 13.3 Å². The van der Waals surface area contributed by atoms with Gasteiger partial charge < -0.3 is 10.1 Å². The molecule has 0 atom stereocenters. The summed E-state index contributed by atoms with van der Waals surface area (Å²) in [5.41, 5.74) is 2.39. The van der Waals surface area contributed by atoms with E-state index < -0.39 is 11.7 Å². The number of hydrogen-bond acceptors (Lipinski definition) is 2. The number of methoxy groups -OCH3 is 1. The summed E-state index contributed by atoms with van der Waals surface area (Å²) in [6.07, 6.45) is 0.718. The van der Waals surface area contributed by atoms with Crippen LogP contribution < -0.4 is 10.1 Å². The van der Waals surface area contributed by atoms with Crippen LogP contribution in [0.25, 0.3) is 0 Å². The summed E-state index contributed by atoms with van der Waals surface area (Å²) >= 11 is 0. The highest BCUT2D eigenvalue weighted by Gasteiger charge is 2.12. The summed E-state index contributed by atoms with van der Waals surface area (Å²) in [4.78, 5) is 11.9. The Bertz CT molecular complexity index is 640. The van der Waals surface area contributed by atoms with Crippen molar-refractivity contribution in [2.75, 3.05) is 13.7 Å². The first kappa shape index (κ1) is 15.0. The Kier molecular flexibility index (Phi) is 4.93. The molecule has 4 heteroatoms. The number of aryl methyl sites for hydroxylation is 1. The molecule has 1 N–H and O–H groups in total. The van der Waals surface area contributed by atoms with Gasteiger partial charge in [-0.2, -0.15) is 0 Å². The monoisotopic (exact) mass is 287 g/mol. The van der Waals surface area contributed by atoms with E-state index in [1.807, 2.05) is 31.2 Å². The van der Waals surface area contributed by atoms with Crippen molar-refractivity contribution in [2.24, 2.45) is 0 Å². The Morgan fingerprint density at radius 2 is 2.00 bits per heavy atom. The van der Waals surface area contributed by atoms with Gasteiger partial charge in [-0.3, -0.25) is 4.79 Å². The molecule has 110 valence electrons. The second-order valence-corrected chi connectivity index (χ2v) is 4.78. The predicted octanol–water partition coefficient (Wildman–Crippen LogP) is 3.12. The molecule has 2 rings (SSSR count). The number of nitrogens with one attached hydrogen (secondary N) is 1. The highest BCUT2D eigenvalue weighted by molar-refractivity contribution is 5.94. The fourth-order valence-electron chi connectivity index (χ4n) is 2.10. The number of carbonyl (C=O) groups is 1. The lowest BCUT2D eigenvalue weighted by molar-refractivity contribution is 0.0950. The molecule has 0 fully saturated rings. The molecule has 0 aliphatic carbocycles. The number of carbonyl (C=O) groups excluding carboxylic acids is 1. The van der Waals surface area contributed by atoms with Gasteiger partial charge in [0.15, 0.2) is 0 Å². The Morgan fingerprint density at radius 1 is 1.24 bits per heavy atom. The summed E-state index contributed by atoms with van der Waals surface area (Å²) in [6.45, 7) is 2.50. The molecule has 0 bridgehead atoms. The van der Waals surface area contributed by atoms with Crippen LogP contribution >= 0.6 is 0 Å². The lowest BCUT2D eigenvalue weighted by atomic mass is 10.1. The van der Waals surface area contributed by atoms with E-state index in [0.717, 1.165) is 6.42 Å². The molecule has 0 saturated carbocycles. The molecule has 0 spiro atoms. The van der Waals surface area contributed by atoms with Crippen molar-refractivity contribution in [3.63, 3.8) is 0 Å². The van der Waals surface area contributed by atoms with E-state index >= 15 is 0 Å². The van der Waals surface area contributed by atoms with Crippen LogP contribution in [0.5, 0.6) is 5.75 Å². The van der Waals surface area contributed by atoms with Gasteiger partial charge in [0.05, 0.1) is 12.7 Å². The first-order valence-corrected chi connectivity index (χ1v) is 6.78. The quantitative estimate of drug-likeness (QED) is 0.917. The Balaban J connectivity index is 1.95. The minimum Gasteiger partial charge on any atom is -0.497 e. The van der Waals surface area contributed by atoms with Gasteiger partial charge in [-0.25, -0.2) is 4.39 Å². The van der Waals surface area contributed by atoms with Crippen molar-refractivity contribution in [3.05, 3.63) is 65.0 Å². The van der Waals surface area contributed by atoms with Crippen molar-refractivity contribution in [1.82, 2.24) is 5.32 Å². The van der Waals surface area contributed by atoms with Gasteiger partial charge in [-0.1, -0.05) is 24.3 Å². The average molecular weight is 287 g/mol. The summed E-state index contributed by atoms with van der Waals surface area (Å²) in [7, 11) is 1.46. The topological polar surface area (TPSA) is 38.3 Å². The third-order valence-corrected chi connectivity index (χ3v) is 3.36. The third kappa shape index (κ3) is 3.81. The van der Waals surface area contributed by atoms with Crippen molar-refractivity contribution < 1.29 is 13.9 Å². The van der Waals surface area contributed by atoms with Crippen molar-refractivity contribution in [1.29, 1.82) is 0 Å². The number of rotatable bonds is 5. The van der Waals surface area contributed by atoms with Crippen LogP contribution in [0.1, 0.15) is 21.5 Å². The van der Waals surface area contributed by atoms with Gasteiger partial charge in [-0.15, -0.1) is 0 Å². The molecule has 0 heterocycles. The normalized spacial score (nSPS) is 10.2. The number of amides is 1. The highest BCUT2D eigenvalue weighted by atomic mass is 19.1. The molecule has 3 nitrogen and oxygen atoms in total. The predicted molar refractivity (Wildman–Crippen MR) is 80.2 cm³/mol. The third-order valence-electron chi connectivity index (χ3n) is 3.36. The van der Waals surface area contributed by atoms with E-state index in [0.29, 0.717) is 12.3 Å². The maximum absolute atomic E-state index is 13.8. The van der Waals surface area contributed by atoms with E-state index in [9.17, 15) is 9.18 Å². The summed E-state index contributed by atoms with van der Waals surface area (Å²) in [5, 5.41) is 2.73.